The van der Waals surface area contributed by atoms with E-state index >= 15 is 0 Å². The summed E-state index contributed by atoms with van der Waals surface area (Å²) in [4.78, 5) is 0. The Bertz CT molecular complexity index is 352. The van der Waals surface area contributed by atoms with Crippen LogP contribution in [-0.2, 0) is 0 Å². The molecule has 0 amide bonds. The lowest BCUT2D eigenvalue weighted by atomic mass is 10.0. The van der Waals surface area contributed by atoms with E-state index in [0.29, 0.717) is 6.04 Å². The highest BCUT2D eigenvalue weighted by Crippen LogP contribution is 2.12. The van der Waals surface area contributed by atoms with Crippen LogP contribution in [0.5, 0.6) is 0 Å². The summed E-state index contributed by atoms with van der Waals surface area (Å²) in [6.07, 6.45) is 5.63. The Balaban J connectivity index is 2.64. The molecule has 16 heavy (non-hydrogen) atoms. The van der Waals surface area contributed by atoms with Crippen LogP contribution in [0.3, 0.4) is 0 Å². The van der Waals surface area contributed by atoms with Gasteiger partial charge in [-0.05, 0) is 44.9 Å². The van der Waals surface area contributed by atoms with E-state index in [1.165, 1.54) is 23.1 Å². The number of hydrogen-bond donors (Lipinski definition) is 1. The normalized spacial score (nSPS) is 13.2. The largest absolute Gasteiger partial charge is 0.311 e. The molecule has 0 spiro atoms. The van der Waals surface area contributed by atoms with E-state index in [1.54, 1.807) is 0 Å². The molecule has 0 aliphatic carbocycles. The molecule has 0 fully saturated rings. The molecule has 0 aromatic heterocycles. The van der Waals surface area contributed by atoms with Crippen molar-refractivity contribution in [3.05, 3.63) is 41.0 Å². The molecule has 1 nitrogen and oxygen atoms in total. The average molecular weight is 217 g/mol. The van der Waals surface area contributed by atoms with Gasteiger partial charge in [-0.15, -0.1) is 0 Å². The molecule has 0 heterocycles. The summed E-state index contributed by atoms with van der Waals surface area (Å²) in [6.45, 7) is 9.75. The van der Waals surface area contributed by atoms with Gasteiger partial charge >= 0.3 is 0 Å². The molecule has 88 valence electrons. The van der Waals surface area contributed by atoms with Crippen LogP contribution in [-0.4, -0.2) is 12.6 Å². The lowest BCUT2D eigenvalue weighted by molar-refractivity contribution is 0.625. The van der Waals surface area contributed by atoms with E-state index in [0.717, 1.165) is 6.54 Å². The van der Waals surface area contributed by atoms with Crippen molar-refractivity contribution in [2.45, 2.75) is 40.2 Å². The third-order valence-corrected chi connectivity index (χ3v) is 2.72. The predicted octanol–water partition coefficient (Wildman–Crippen LogP) is 3.70. The zero-order valence-electron chi connectivity index (χ0n) is 10.9. The monoisotopic (exact) mass is 217 g/mol. The molecule has 0 bridgehead atoms. The van der Waals surface area contributed by atoms with Crippen LogP contribution in [0.4, 0.5) is 0 Å². The third kappa shape index (κ3) is 4.19. The zero-order valence-corrected chi connectivity index (χ0v) is 10.9. The fourth-order valence-electron chi connectivity index (χ4n) is 1.63. The van der Waals surface area contributed by atoms with Crippen LogP contribution in [0, 0.1) is 13.8 Å². The minimum Gasteiger partial charge on any atom is -0.311 e. The van der Waals surface area contributed by atoms with Crippen LogP contribution in [0.2, 0.25) is 0 Å². The molecule has 0 aliphatic rings. The van der Waals surface area contributed by atoms with Crippen molar-refractivity contribution in [2.24, 2.45) is 0 Å². The minimum atomic E-state index is 0.444. The van der Waals surface area contributed by atoms with Gasteiger partial charge in [0.1, 0.15) is 0 Å². The fraction of sp³-hybridized carbons (Fsp3) is 0.467. The molecule has 1 heteroatoms. The number of rotatable bonds is 5. The van der Waals surface area contributed by atoms with Gasteiger partial charge in [0.25, 0.3) is 0 Å². The Morgan fingerprint density at radius 2 is 2.06 bits per heavy atom. The van der Waals surface area contributed by atoms with Gasteiger partial charge < -0.3 is 5.32 Å². The van der Waals surface area contributed by atoms with Crippen LogP contribution in [0.1, 0.15) is 37.0 Å². The van der Waals surface area contributed by atoms with E-state index in [-0.39, 0.29) is 0 Å². The smallest absolute Gasteiger partial charge is 0.0224 e. The van der Waals surface area contributed by atoms with Crippen molar-refractivity contribution in [1.82, 2.24) is 5.32 Å². The molecular formula is C15H23N. The number of hydrogen-bond acceptors (Lipinski definition) is 1. The summed E-state index contributed by atoms with van der Waals surface area (Å²) < 4.78 is 0. The molecule has 0 saturated heterocycles. The molecule has 1 unspecified atom stereocenters. The lowest BCUT2D eigenvalue weighted by Crippen LogP contribution is -2.24. The number of benzene rings is 1. The third-order valence-electron chi connectivity index (χ3n) is 2.72. The van der Waals surface area contributed by atoms with Crippen molar-refractivity contribution in [1.29, 1.82) is 0 Å². The maximum Gasteiger partial charge on any atom is 0.0224 e. The Morgan fingerprint density at radius 1 is 1.31 bits per heavy atom. The Morgan fingerprint density at radius 3 is 2.75 bits per heavy atom. The van der Waals surface area contributed by atoms with Crippen molar-refractivity contribution in [3.63, 3.8) is 0 Å². The first-order valence-corrected chi connectivity index (χ1v) is 6.12. The molecular weight excluding hydrogens is 194 g/mol. The van der Waals surface area contributed by atoms with E-state index in [4.69, 9.17) is 0 Å². The van der Waals surface area contributed by atoms with Gasteiger partial charge in [0.05, 0.1) is 0 Å². The summed E-state index contributed by atoms with van der Waals surface area (Å²) in [7, 11) is 0. The molecule has 1 aromatic rings. The maximum absolute atomic E-state index is 3.45. The minimum absolute atomic E-state index is 0.444. The molecule has 1 aromatic carbocycles. The quantitative estimate of drug-likeness (QED) is 0.793. The first-order valence-electron chi connectivity index (χ1n) is 6.12. The Kier molecular flexibility index (Phi) is 5.27. The van der Waals surface area contributed by atoms with Gasteiger partial charge in [0.2, 0.25) is 0 Å². The van der Waals surface area contributed by atoms with Crippen LogP contribution in [0.15, 0.2) is 24.3 Å². The predicted molar refractivity (Wildman–Crippen MR) is 72.7 cm³/mol. The second-order valence-corrected chi connectivity index (χ2v) is 4.46. The van der Waals surface area contributed by atoms with Crippen LogP contribution < -0.4 is 5.32 Å². The summed E-state index contributed by atoms with van der Waals surface area (Å²) in [5.41, 5.74) is 3.98. The van der Waals surface area contributed by atoms with Crippen molar-refractivity contribution >= 4 is 6.08 Å². The van der Waals surface area contributed by atoms with Crippen LogP contribution >= 0.6 is 0 Å². The van der Waals surface area contributed by atoms with Gasteiger partial charge in [0.15, 0.2) is 0 Å². The number of aryl methyl sites for hydroxylation is 2. The molecule has 0 aliphatic heterocycles. The first-order chi connectivity index (χ1) is 7.63. The van der Waals surface area contributed by atoms with Gasteiger partial charge in [-0.25, -0.2) is 0 Å². The maximum atomic E-state index is 3.45. The molecule has 0 radical (unpaired) electrons. The van der Waals surface area contributed by atoms with Gasteiger partial charge in [-0.2, -0.15) is 0 Å². The van der Waals surface area contributed by atoms with E-state index in [1.807, 2.05) is 0 Å². The SMILES string of the molecule is CCCNC(C)/C=C/c1cc(C)ccc1C. The summed E-state index contributed by atoms with van der Waals surface area (Å²) in [6, 6.07) is 7.02. The number of nitrogens with one attached hydrogen (secondary N) is 1. The first kappa shape index (κ1) is 13.0. The second kappa shape index (κ2) is 6.49. The van der Waals surface area contributed by atoms with E-state index in [2.05, 4.69) is 63.4 Å². The second-order valence-electron chi connectivity index (χ2n) is 4.46. The van der Waals surface area contributed by atoms with Crippen LogP contribution in [0.25, 0.3) is 6.08 Å². The van der Waals surface area contributed by atoms with Crippen molar-refractivity contribution in [3.8, 4) is 0 Å². The average Bonchev–Trinajstić information content (AvgIpc) is 2.27. The topological polar surface area (TPSA) is 12.0 Å². The lowest BCUT2D eigenvalue weighted by Gasteiger charge is -2.08. The molecule has 0 saturated carbocycles. The van der Waals surface area contributed by atoms with Gasteiger partial charge in [0, 0.05) is 6.04 Å². The standard InChI is InChI=1S/C15H23N/c1-5-10-16-14(4)8-9-15-11-12(2)6-7-13(15)3/h6-9,11,14,16H,5,10H2,1-4H3/b9-8+. The highest BCUT2D eigenvalue weighted by molar-refractivity contribution is 5.55. The van der Waals surface area contributed by atoms with E-state index < -0.39 is 0 Å². The van der Waals surface area contributed by atoms with Crippen molar-refractivity contribution < 1.29 is 0 Å². The highest BCUT2D eigenvalue weighted by atomic mass is 14.9. The van der Waals surface area contributed by atoms with E-state index in [9.17, 15) is 0 Å². The summed E-state index contributed by atoms with van der Waals surface area (Å²) >= 11 is 0. The fourth-order valence-corrected chi connectivity index (χ4v) is 1.63. The van der Waals surface area contributed by atoms with Gasteiger partial charge in [-0.3, -0.25) is 0 Å². The Labute approximate surface area is 99.6 Å². The summed E-state index contributed by atoms with van der Waals surface area (Å²) in [5.74, 6) is 0. The molecule has 1 atom stereocenters. The van der Waals surface area contributed by atoms with Crippen molar-refractivity contribution in [2.75, 3.05) is 6.54 Å². The van der Waals surface area contributed by atoms with Gasteiger partial charge in [-0.1, -0.05) is 42.8 Å². The molecule has 1 rings (SSSR count). The molecule has 1 N–H and O–H groups in total. The highest BCUT2D eigenvalue weighted by Gasteiger charge is 1.96. The Hall–Kier alpha value is -1.08. The summed E-state index contributed by atoms with van der Waals surface area (Å²) in [5, 5.41) is 3.45. The zero-order chi connectivity index (χ0) is 12.0.